The maximum Gasteiger partial charge on any atom is 0.137 e. The molecule has 306 valence electrons. The molecule has 3 heterocycles. The Labute approximate surface area is 369 Å². The first kappa shape index (κ1) is 35.6. The molecule has 0 saturated heterocycles. The van der Waals surface area contributed by atoms with Crippen LogP contribution in [0.5, 0.6) is 11.5 Å². The minimum atomic E-state index is -2.40. The summed E-state index contributed by atoms with van der Waals surface area (Å²) in [5.74, 6) is 1.88. The quantitative estimate of drug-likeness (QED) is 0.161. The fourth-order valence-electron chi connectivity index (χ4n) is 8.69. The molecule has 0 spiro atoms. The molecular weight excluding hydrogens is 757 g/mol. The van der Waals surface area contributed by atoms with E-state index in [2.05, 4.69) is 153 Å². The molecule has 9 aromatic rings. The number of hydrogen-bond donors (Lipinski definition) is 0. The maximum absolute atomic E-state index is 8.74. The molecule has 0 aliphatic carbocycles. The zero-order valence-electron chi connectivity index (χ0n) is 39.1. The Morgan fingerprint density at radius 1 is 0.516 bits per heavy atom. The Morgan fingerprint density at radius 3 is 1.81 bits per heavy atom. The highest BCUT2D eigenvalue weighted by atomic mass is 16.5. The van der Waals surface area contributed by atoms with Gasteiger partial charge in [0.05, 0.1) is 22.4 Å². The molecule has 0 amide bonds. The van der Waals surface area contributed by atoms with E-state index in [1.807, 2.05) is 66.7 Å². The third kappa shape index (κ3) is 7.17. The van der Waals surface area contributed by atoms with E-state index in [1.165, 1.54) is 5.56 Å². The molecule has 0 unspecified atom stereocenters. The van der Waals surface area contributed by atoms with E-state index < -0.39 is 6.85 Å². The van der Waals surface area contributed by atoms with E-state index in [1.54, 1.807) is 12.3 Å². The normalized spacial score (nSPS) is 13.9. The highest BCUT2D eigenvalue weighted by Gasteiger charge is 2.28. The van der Waals surface area contributed by atoms with Gasteiger partial charge in [-0.3, -0.25) is 4.57 Å². The van der Waals surface area contributed by atoms with Gasteiger partial charge in [0, 0.05) is 50.2 Å². The number of hydrogen-bond acceptors (Lipinski definition) is 4. The predicted molar refractivity (Wildman–Crippen MR) is 260 cm³/mol. The van der Waals surface area contributed by atoms with Gasteiger partial charge in [0.15, 0.2) is 0 Å². The molecule has 0 saturated carbocycles. The van der Waals surface area contributed by atoms with Gasteiger partial charge in [-0.15, -0.1) is 0 Å². The smallest absolute Gasteiger partial charge is 0.137 e. The second kappa shape index (κ2) is 15.1. The van der Waals surface area contributed by atoms with Gasteiger partial charge in [-0.1, -0.05) is 139 Å². The van der Waals surface area contributed by atoms with Crippen LogP contribution in [0.25, 0.3) is 49.9 Å². The van der Waals surface area contributed by atoms with Crippen LogP contribution in [0.2, 0.25) is 0 Å². The second-order valence-electron chi connectivity index (χ2n) is 18.4. The van der Waals surface area contributed by atoms with Crippen LogP contribution in [0, 0.1) is 6.85 Å². The lowest BCUT2D eigenvalue weighted by atomic mass is 9.86. The van der Waals surface area contributed by atoms with Crippen LogP contribution in [0.4, 0.5) is 22.7 Å². The van der Waals surface area contributed by atoms with Crippen molar-refractivity contribution in [3.8, 4) is 39.6 Å². The van der Waals surface area contributed by atoms with E-state index in [0.717, 1.165) is 66.8 Å². The van der Waals surface area contributed by atoms with Crippen LogP contribution >= 0.6 is 0 Å². The minimum Gasteiger partial charge on any atom is -0.457 e. The van der Waals surface area contributed by atoms with Crippen LogP contribution in [-0.4, -0.2) is 16.2 Å². The summed E-state index contributed by atoms with van der Waals surface area (Å²) in [6.45, 7) is 11.6. The van der Waals surface area contributed by atoms with Gasteiger partial charge in [-0.25, -0.2) is 4.98 Å². The van der Waals surface area contributed by atoms with Crippen LogP contribution in [0.15, 0.2) is 176 Å². The lowest BCUT2D eigenvalue weighted by molar-refractivity contribution is 0.483. The standard InChI is InChI=1S/C57H52N4O/c1-38-32-55(58-36-50(38)41-22-20-40(21-23-41)39-14-9-8-10-15-39)61-53-33-43(57(5,6)7)26-30-48(53)49-31-29-47(35-54(49)61)62-46-17-13-16-45(34-46)60-37-59(51-18-11-12-19-52(51)60)44-27-24-42(25-28-44)56(2,3)4/h8-36H,37H2,1-7H3/i1D3. The third-order valence-corrected chi connectivity index (χ3v) is 12.2. The van der Waals surface area contributed by atoms with Crippen LogP contribution in [0.1, 0.15) is 62.3 Å². The number of fused-ring (bicyclic) bond motifs is 4. The summed E-state index contributed by atoms with van der Waals surface area (Å²) in [7, 11) is 0. The van der Waals surface area contributed by atoms with Crippen molar-refractivity contribution in [3.63, 3.8) is 0 Å². The Morgan fingerprint density at radius 2 is 1.11 bits per heavy atom. The molecule has 5 nitrogen and oxygen atoms in total. The molecule has 0 atom stereocenters. The summed E-state index contributed by atoms with van der Waals surface area (Å²) in [5.41, 5.74) is 12.5. The fourth-order valence-corrected chi connectivity index (χ4v) is 8.69. The van der Waals surface area contributed by atoms with Gasteiger partial charge in [0.25, 0.3) is 0 Å². The highest BCUT2D eigenvalue weighted by molar-refractivity contribution is 6.09. The Hall–Kier alpha value is -7.11. The number of anilines is 4. The number of aryl methyl sites for hydroxylation is 1. The molecule has 7 aromatic carbocycles. The van der Waals surface area contributed by atoms with Crippen LogP contribution in [-0.2, 0) is 10.8 Å². The molecule has 62 heavy (non-hydrogen) atoms. The molecule has 0 radical (unpaired) electrons. The van der Waals surface area contributed by atoms with E-state index in [-0.39, 0.29) is 16.4 Å². The van der Waals surface area contributed by atoms with Crippen molar-refractivity contribution in [3.05, 3.63) is 193 Å². The fraction of sp³-hybridized carbons (Fsp3) is 0.175. The molecule has 1 aliphatic heterocycles. The average molecular weight is 812 g/mol. The van der Waals surface area contributed by atoms with Gasteiger partial charge >= 0.3 is 0 Å². The Balaban J connectivity index is 1.03. The van der Waals surface area contributed by atoms with Crippen LogP contribution < -0.4 is 14.5 Å². The zero-order chi connectivity index (χ0) is 45.3. The summed E-state index contributed by atoms with van der Waals surface area (Å²) in [6, 6.07) is 58.3. The number of ether oxygens (including phenoxy) is 1. The molecule has 5 heteroatoms. The molecule has 2 aromatic heterocycles. The van der Waals surface area contributed by atoms with Crippen molar-refractivity contribution in [1.29, 1.82) is 0 Å². The molecule has 1 aliphatic rings. The second-order valence-corrected chi connectivity index (χ2v) is 18.4. The summed E-state index contributed by atoms with van der Waals surface area (Å²) in [5, 5.41) is 2.06. The molecule has 0 bridgehead atoms. The largest absolute Gasteiger partial charge is 0.457 e. The van der Waals surface area contributed by atoms with E-state index in [9.17, 15) is 0 Å². The predicted octanol–water partition coefficient (Wildman–Crippen LogP) is 15.5. The highest BCUT2D eigenvalue weighted by Crippen LogP contribution is 2.45. The van der Waals surface area contributed by atoms with Gasteiger partial charge in [0.1, 0.15) is 24.0 Å². The Bertz CT molecular complexity index is 3210. The van der Waals surface area contributed by atoms with Crippen molar-refractivity contribution in [2.45, 2.75) is 59.2 Å². The van der Waals surface area contributed by atoms with E-state index in [0.29, 0.717) is 29.5 Å². The molecule has 0 fully saturated rings. The van der Waals surface area contributed by atoms with E-state index in [4.69, 9.17) is 13.8 Å². The Kier molecular flexibility index (Phi) is 8.68. The monoisotopic (exact) mass is 811 g/mol. The van der Waals surface area contributed by atoms with Gasteiger partial charge in [0.2, 0.25) is 0 Å². The van der Waals surface area contributed by atoms with Gasteiger partial charge < -0.3 is 14.5 Å². The van der Waals surface area contributed by atoms with Crippen molar-refractivity contribution in [2.75, 3.05) is 16.5 Å². The molecule has 10 rings (SSSR count). The number of para-hydroxylation sites is 2. The summed E-state index contributed by atoms with van der Waals surface area (Å²) in [6.07, 6.45) is 1.71. The first-order valence-corrected chi connectivity index (χ1v) is 21.4. The first-order chi connectivity index (χ1) is 31.1. The van der Waals surface area contributed by atoms with Gasteiger partial charge in [-0.2, -0.15) is 0 Å². The average Bonchev–Trinajstić information content (AvgIpc) is 3.84. The van der Waals surface area contributed by atoms with Crippen molar-refractivity contribution in [1.82, 2.24) is 9.55 Å². The summed E-state index contributed by atoms with van der Waals surface area (Å²) in [4.78, 5) is 9.71. The number of pyridine rings is 1. The number of aromatic nitrogens is 2. The van der Waals surface area contributed by atoms with Gasteiger partial charge in [-0.05, 0) is 112 Å². The third-order valence-electron chi connectivity index (χ3n) is 12.2. The summed E-state index contributed by atoms with van der Waals surface area (Å²) >= 11 is 0. The number of rotatable bonds is 7. The number of benzene rings is 7. The van der Waals surface area contributed by atoms with E-state index >= 15 is 0 Å². The molecular formula is C57H52N4O. The minimum absolute atomic E-state index is 0.0771. The number of nitrogens with zero attached hydrogens (tertiary/aromatic N) is 4. The lowest BCUT2D eigenvalue weighted by Crippen LogP contribution is -2.24. The lowest BCUT2D eigenvalue weighted by Gasteiger charge is -2.24. The SMILES string of the molecule is [2H]C([2H])([2H])c1cc(-n2c3cc(Oc4cccc(N5CN(c6ccc(C(C)(C)C)cc6)c6ccccc65)c4)ccc3c3ccc(C(C)(C)C)cc32)ncc1-c1ccc(-c2ccccc2)cc1. The first-order valence-electron chi connectivity index (χ1n) is 22.9. The topological polar surface area (TPSA) is 33.5 Å². The van der Waals surface area contributed by atoms with Crippen molar-refractivity contribution < 1.29 is 8.85 Å². The van der Waals surface area contributed by atoms with Crippen molar-refractivity contribution >= 4 is 44.6 Å². The summed E-state index contributed by atoms with van der Waals surface area (Å²) < 4.78 is 35.0. The van der Waals surface area contributed by atoms with Crippen molar-refractivity contribution in [2.24, 2.45) is 0 Å². The van der Waals surface area contributed by atoms with Crippen LogP contribution in [0.3, 0.4) is 0 Å². The molecule has 0 N–H and O–H groups in total. The maximum atomic E-state index is 8.74. The zero-order valence-corrected chi connectivity index (χ0v) is 36.1.